The Bertz CT molecular complexity index is 545. The standard InChI is InChI=1S/C16H26N4O.ClH/c1-16(2,3)20-14(12-4-5-12)8-13(18-20)15(21)19-7-6-11(9-17)10-19;/h8,11-12H,4-7,9-10,17H2,1-3H3;1H. The van der Waals surface area contributed by atoms with Gasteiger partial charge in [-0.2, -0.15) is 5.10 Å². The average Bonchev–Trinajstić information content (AvgIpc) is 3.01. The SMILES string of the molecule is CC(C)(C)n1nc(C(=O)N2CCC(CN)C2)cc1C1CC1.Cl. The van der Waals surface area contributed by atoms with Crippen LogP contribution in [0.25, 0.3) is 0 Å². The van der Waals surface area contributed by atoms with E-state index in [-0.39, 0.29) is 23.9 Å². The predicted molar refractivity (Wildman–Crippen MR) is 89.5 cm³/mol. The number of likely N-dealkylation sites (tertiary alicyclic amines) is 1. The lowest BCUT2D eigenvalue weighted by atomic mass is 10.1. The van der Waals surface area contributed by atoms with Crippen LogP contribution in [0, 0.1) is 5.92 Å². The Morgan fingerprint density at radius 2 is 2.05 bits per heavy atom. The van der Waals surface area contributed by atoms with Gasteiger partial charge in [0.25, 0.3) is 5.91 Å². The van der Waals surface area contributed by atoms with Gasteiger partial charge in [0, 0.05) is 24.7 Å². The van der Waals surface area contributed by atoms with Gasteiger partial charge in [0.2, 0.25) is 0 Å². The molecule has 1 aliphatic carbocycles. The maximum Gasteiger partial charge on any atom is 0.274 e. The summed E-state index contributed by atoms with van der Waals surface area (Å²) in [5, 5.41) is 4.63. The van der Waals surface area contributed by atoms with Gasteiger partial charge in [-0.05, 0) is 58.6 Å². The van der Waals surface area contributed by atoms with E-state index in [9.17, 15) is 4.79 Å². The monoisotopic (exact) mass is 326 g/mol. The lowest BCUT2D eigenvalue weighted by Gasteiger charge is -2.22. The number of halogens is 1. The van der Waals surface area contributed by atoms with Gasteiger partial charge in [0.05, 0.1) is 5.54 Å². The van der Waals surface area contributed by atoms with Gasteiger partial charge in [-0.1, -0.05) is 0 Å². The van der Waals surface area contributed by atoms with E-state index >= 15 is 0 Å². The highest BCUT2D eigenvalue weighted by Gasteiger charge is 2.34. The number of hydrogen-bond acceptors (Lipinski definition) is 3. The van der Waals surface area contributed by atoms with Crippen LogP contribution >= 0.6 is 12.4 Å². The van der Waals surface area contributed by atoms with Crippen molar-refractivity contribution in [2.24, 2.45) is 11.7 Å². The van der Waals surface area contributed by atoms with E-state index in [1.54, 1.807) is 0 Å². The minimum absolute atomic E-state index is 0. The molecule has 6 heteroatoms. The van der Waals surface area contributed by atoms with Crippen LogP contribution in [0.2, 0.25) is 0 Å². The fourth-order valence-corrected chi connectivity index (χ4v) is 3.08. The molecule has 1 amide bonds. The van der Waals surface area contributed by atoms with Crippen LogP contribution in [0.3, 0.4) is 0 Å². The first kappa shape index (κ1) is 17.3. The molecule has 2 N–H and O–H groups in total. The molecule has 124 valence electrons. The van der Waals surface area contributed by atoms with Gasteiger partial charge >= 0.3 is 0 Å². The number of amides is 1. The maximum atomic E-state index is 12.7. The van der Waals surface area contributed by atoms with Crippen molar-refractivity contribution in [3.05, 3.63) is 17.5 Å². The van der Waals surface area contributed by atoms with E-state index in [0.29, 0.717) is 24.1 Å². The van der Waals surface area contributed by atoms with Crippen LogP contribution in [0.15, 0.2) is 6.07 Å². The smallest absolute Gasteiger partial charge is 0.274 e. The molecule has 1 saturated carbocycles. The van der Waals surface area contributed by atoms with Crippen molar-refractivity contribution in [3.63, 3.8) is 0 Å². The number of nitrogens with zero attached hydrogens (tertiary/aromatic N) is 3. The van der Waals surface area contributed by atoms with Gasteiger partial charge in [0.1, 0.15) is 0 Å². The molecule has 3 rings (SSSR count). The molecule has 22 heavy (non-hydrogen) atoms. The zero-order valence-electron chi connectivity index (χ0n) is 13.7. The summed E-state index contributed by atoms with van der Waals surface area (Å²) in [5.74, 6) is 1.10. The number of nitrogens with two attached hydrogens (primary N) is 1. The summed E-state index contributed by atoms with van der Waals surface area (Å²) in [4.78, 5) is 14.6. The van der Waals surface area contributed by atoms with Crippen LogP contribution in [-0.4, -0.2) is 40.2 Å². The number of hydrogen-bond donors (Lipinski definition) is 1. The van der Waals surface area contributed by atoms with Crippen LogP contribution in [0.1, 0.15) is 62.1 Å². The van der Waals surface area contributed by atoms with Gasteiger partial charge in [-0.15, -0.1) is 12.4 Å². The Balaban J connectivity index is 0.00000176. The molecule has 2 heterocycles. The normalized spacial score (nSPS) is 21.8. The van der Waals surface area contributed by atoms with E-state index < -0.39 is 0 Å². The van der Waals surface area contributed by atoms with Crippen molar-refractivity contribution in [1.29, 1.82) is 0 Å². The summed E-state index contributed by atoms with van der Waals surface area (Å²) in [7, 11) is 0. The topological polar surface area (TPSA) is 64.2 Å². The summed E-state index contributed by atoms with van der Waals surface area (Å²) in [6.07, 6.45) is 3.44. The van der Waals surface area contributed by atoms with Crippen molar-refractivity contribution < 1.29 is 4.79 Å². The summed E-state index contributed by atoms with van der Waals surface area (Å²) >= 11 is 0. The molecular formula is C16H27ClN4O. The second kappa shape index (κ2) is 6.20. The molecule has 0 radical (unpaired) electrons. The highest BCUT2D eigenvalue weighted by atomic mass is 35.5. The second-order valence-electron chi connectivity index (χ2n) is 7.45. The molecule has 1 aromatic rings. The number of carbonyl (C=O) groups is 1. The highest BCUT2D eigenvalue weighted by Crippen LogP contribution is 2.41. The third-order valence-corrected chi connectivity index (χ3v) is 4.49. The van der Waals surface area contributed by atoms with E-state index in [2.05, 4.69) is 25.9 Å². The van der Waals surface area contributed by atoms with Crippen LogP contribution < -0.4 is 5.73 Å². The molecule has 1 aliphatic heterocycles. The van der Waals surface area contributed by atoms with E-state index in [1.807, 2.05) is 15.6 Å². The van der Waals surface area contributed by atoms with Crippen LogP contribution in [0.4, 0.5) is 0 Å². The van der Waals surface area contributed by atoms with Crippen molar-refractivity contribution in [2.45, 2.75) is 51.5 Å². The molecule has 2 fully saturated rings. The Labute approximate surface area is 138 Å². The van der Waals surface area contributed by atoms with Crippen molar-refractivity contribution in [3.8, 4) is 0 Å². The summed E-state index contributed by atoms with van der Waals surface area (Å²) in [6.45, 7) is 8.66. The lowest BCUT2D eigenvalue weighted by molar-refractivity contribution is 0.0780. The van der Waals surface area contributed by atoms with Crippen LogP contribution in [-0.2, 0) is 5.54 Å². The summed E-state index contributed by atoms with van der Waals surface area (Å²) in [5.41, 5.74) is 7.45. The lowest BCUT2D eigenvalue weighted by Crippen LogP contribution is -2.31. The third-order valence-electron chi connectivity index (χ3n) is 4.49. The average molecular weight is 327 g/mol. The Hall–Kier alpha value is -1.07. The van der Waals surface area contributed by atoms with E-state index in [0.717, 1.165) is 19.5 Å². The number of carbonyl (C=O) groups excluding carboxylic acids is 1. The third kappa shape index (κ3) is 3.30. The van der Waals surface area contributed by atoms with Crippen LogP contribution in [0.5, 0.6) is 0 Å². The number of rotatable bonds is 3. The minimum Gasteiger partial charge on any atom is -0.337 e. The molecule has 0 bridgehead atoms. The molecule has 1 saturated heterocycles. The van der Waals surface area contributed by atoms with Crippen molar-refractivity contribution >= 4 is 18.3 Å². The largest absolute Gasteiger partial charge is 0.337 e. The van der Waals surface area contributed by atoms with E-state index in [1.165, 1.54) is 18.5 Å². The van der Waals surface area contributed by atoms with Gasteiger partial charge in [0.15, 0.2) is 5.69 Å². The quantitative estimate of drug-likeness (QED) is 0.927. The number of aromatic nitrogens is 2. The summed E-state index contributed by atoms with van der Waals surface area (Å²) < 4.78 is 2.05. The zero-order valence-corrected chi connectivity index (χ0v) is 14.5. The van der Waals surface area contributed by atoms with E-state index in [4.69, 9.17) is 5.73 Å². The zero-order chi connectivity index (χ0) is 15.2. The van der Waals surface area contributed by atoms with Crippen molar-refractivity contribution in [1.82, 2.24) is 14.7 Å². The van der Waals surface area contributed by atoms with Gasteiger partial charge in [-0.3, -0.25) is 9.48 Å². The first-order valence-corrected chi connectivity index (χ1v) is 8.00. The fraction of sp³-hybridized carbons (Fsp3) is 0.750. The minimum atomic E-state index is -0.0821. The molecule has 5 nitrogen and oxygen atoms in total. The summed E-state index contributed by atoms with van der Waals surface area (Å²) in [6, 6.07) is 2.01. The first-order chi connectivity index (χ1) is 9.90. The molecular weight excluding hydrogens is 300 g/mol. The molecule has 0 spiro atoms. The highest BCUT2D eigenvalue weighted by molar-refractivity contribution is 5.92. The van der Waals surface area contributed by atoms with Gasteiger partial charge in [-0.25, -0.2) is 0 Å². The molecule has 1 unspecified atom stereocenters. The predicted octanol–water partition coefficient (Wildman–Crippen LogP) is 2.36. The first-order valence-electron chi connectivity index (χ1n) is 8.00. The Morgan fingerprint density at radius 1 is 1.36 bits per heavy atom. The molecule has 1 aromatic heterocycles. The Kier molecular flexibility index (Phi) is 4.87. The maximum absolute atomic E-state index is 12.7. The fourth-order valence-electron chi connectivity index (χ4n) is 3.08. The second-order valence-corrected chi connectivity index (χ2v) is 7.45. The van der Waals surface area contributed by atoms with Crippen molar-refractivity contribution in [2.75, 3.05) is 19.6 Å². The molecule has 2 aliphatic rings. The molecule has 0 aromatic carbocycles. The molecule has 1 atom stereocenters. The van der Waals surface area contributed by atoms with Gasteiger partial charge < -0.3 is 10.6 Å². The Morgan fingerprint density at radius 3 is 2.55 bits per heavy atom.